The molecule has 2 heterocycles. The molecule has 0 saturated heterocycles. The summed E-state index contributed by atoms with van der Waals surface area (Å²) in [5.41, 5.74) is 2.92. The number of hydrogen-bond donors (Lipinski definition) is 1. The van der Waals surface area contributed by atoms with E-state index in [1.807, 2.05) is 12.1 Å². The summed E-state index contributed by atoms with van der Waals surface area (Å²) in [6.45, 7) is 1.37. The summed E-state index contributed by atoms with van der Waals surface area (Å²) in [7, 11) is 3.23. The Bertz CT molecular complexity index is 852. The maximum atomic E-state index is 12.6. The van der Waals surface area contributed by atoms with Crippen LogP contribution < -0.4 is 24.3 Å². The highest BCUT2D eigenvalue weighted by atomic mass is 16.7. The van der Waals surface area contributed by atoms with Gasteiger partial charge >= 0.3 is 6.03 Å². The SMILES string of the molecule is COc1cc2c(cc1OC)CN(C(=O)Nc1ccc3c(c1)OCO3)CC2. The topological polar surface area (TPSA) is 69.3 Å². The van der Waals surface area contributed by atoms with Crippen molar-refractivity contribution in [2.45, 2.75) is 13.0 Å². The molecule has 0 atom stereocenters. The van der Waals surface area contributed by atoms with E-state index in [1.165, 1.54) is 5.56 Å². The number of anilines is 1. The van der Waals surface area contributed by atoms with Crippen molar-refractivity contribution in [1.29, 1.82) is 0 Å². The lowest BCUT2D eigenvalue weighted by Crippen LogP contribution is -2.38. The van der Waals surface area contributed by atoms with Gasteiger partial charge in [0.05, 0.1) is 14.2 Å². The third-order valence-corrected chi connectivity index (χ3v) is 4.63. The fourth-order valence-corrected chi connectivity index (χ4v) is 3.23. The molecule has 2 aromatic rings. The summed E-state index contributed by atoms with van der Waals surface area (Å²) in [6, 6.07) is 9.14. The van der Waals surface area contributed by atoms with E-state index in [-0.39, 0.29) is 12.8 Å². The number of carbonyl (C=O) groups excluding carboxylic acids is 1. The molecule has 2 aliphatic rings. The second-order valence-corrected chi connectivity index (χ2v) is 6.15. The molecule has 2 amide bonds. The fraction of sp³-hybridized carbons (Fsp3) is 0.316. The first-order valence-corrected chi connectivity index (χ1v) is 8.37. The highest BCUT2D eigenvalue weighted by molar-refractivity contribution is 5.90. The second kappa shape index (κ2) is 6.67. The molecule has 0 spiro atoms. The van der Waals surface area contributed by atoms with Crippen LogP contribution in [0.3, 0.4) is 0 Å². The molecule has 1 N–H and O–H groups in total. The van der Waals surface area contributed by atoms with Crippen LogP contribution in [-0.4, -0.2) is 38.5 Å². The molecule has 0 bridgehead atoms. The van der Waals surface area contributed by atoms with Gasteiger partial charge in [-0.05, 0) is 41.8 Å². The number of benzene rings is 2. The van der Waals surface area contributed by atoms with Crippen LogP contribution in [0.5, 0.6) is 23.0 Å². The molecule has 7 nitrogen and oxygen atoms in total. The number of fused-ring (bicyclic) bond motifs is 2. The number of carbonyl (C=O) groups is 1. The summed E-state index contributed by atoms with van der Waals surface area (Å²) in [6.07, 6.45) is 0.768. The summed E-state index contributed by atoms with van der Waals surface area (Å²) < 4.78 is 21.4. The van der Waals surface area contributed by atoms with E-state index in [0.717, 1.165) is 12.0 Å². The summed E-state index contributed by atoms with van der Waals surface area (Å²) in [5, 5.41) is 2.92. The van der Waals surface area contributed by atoms with Crippen LogP contribution in [0.4, 0.5) is 10.5 Å². The van der Waals surface area contributed by atoms with Crippen LogP contribution >= 0.6 is 0 Å². The van der Waals surface area contributed by atoms with Gasteiger partial charge in [-0.3, -0.25) is 0 Å². The maximum absolute atomic E-state index is 12.6. The van der Waals surface area contributed by atoms with Crippen LogP contribution in [-0.2, 0) is 13.0 Å². The third-order valence-electron chi connectivity index (χ3n) is 4.63. The Hall–Kier alpha value is -3.09. The van der Waals surface area contributed by atoms with Gasteiger partial charge in [0.15, 0.2) is 23.0 Å². The Morgan fingerprint density at radius 3 is 2.54 bits per heavy atom. The Kier molecular flexibility index (Phi) is 4.20. The normalized spacial score (nSPS) is 14.6. The molecule has 0 fully saturated rings. The van der Waals surface area contributed by atoms with Crippen LogP contribution in [0, 0.1) is 0 Å². The van der Waals surface area contributed by atoms with E-state index in [1.54, 1.807) is 37.3 Å². The first-order valence-electron chi connectivity index (χ1n) is 8.37. The fourth-order valence-electron chi connectivity index (χ4n) is 3.23. The smallest absolute Gasteiger partial charge is 0.322 e. The number of nitrogens with one attached hydrogen (secondary N) is 1. The Labute approximate surface area is 151 Å². The van der Waals surface area contributed by atoms with Gasteiger partial charge in [-0.15, -0.1) is 0 Å². The number of ether oxygens (including phenoxy) is 4. The predicted molar refractivity (Wildman–Crippen MR) is 95.2 cm³/mol. The quantitative estimate of drug-likeness (QED) is 0.915. The van der Waals surface area contributed by atoms with Gasteiger partial charge in [0.1, 0.15) is 0 Å². The van der Waals surface area contributed by atoms with E-state index in [4.69, 9.17) is 18.9 Å². The number of methoxy groups -OCH3 is 2. The van der Waals surface area contributed by atoms with Crippen LogP contribution in [0.1, 0.15) is 11.1 Å². The lowest BCUT2D eigenvalue weighted by molar-refractivity contribution is 0.174. The zero-order valence-electron chi connectivity index (χ0n) is 14.7. The van der Waals surface area contributed by atoms with E-state index in [9.17, 15) is 4.79 Å². The number of nitrogens with zero attached hydrogens (tertiary/aromatic N) is 1. The van der Waals surface area contributed by atoms with Gasteiger partial charge in [0.2, 0.25) is 6.79 Å². The number of rotatable bonds is 3. The average Bonchev–Trinajstić information content (AvgIpc) is 3.14. The second-order valence-electron chi connectivity index (χ2n) is 6.15. The van der Waals surface area contributed by atoms with Crippen LogP contribution in [0.2, 0.25) is 0 Å². The number of urea groups is 1. The maximum Gasteiger partial charge on any atom is 0.322 e. The Balaban J connectivity index is 1.48. The zero-order valence-corrected chi connectivity index (χ0v) is 14.7. The van der Waals surface area contributed by atoms with Gasteiger partial charge in [0, 0.05) is 24.8 Å². The van der Waals surface area contributed by atoms with Crippen LogP contribution in [0.15, 0.2) is 30.3 Å². The molecule has 4 rings (SSSR count). The van der Waals surface area contributed by atoms with Crippen molar-refractivity contribution in [2.24, 2.45) is 0 Å². The molecule has 0 saturated carbocycles. The molecule has 0 aliphatic carbocycles. The molecule has 2 aromatic carbocycles. The Morgan fingerprint density at radius 1 is 1.04 bits per heavy atom. The van der Waals surface area contributed by atoms with E-state index >= 15 is 0 Å². The van der Waals surface area contributed by atoms with Crippen molar-refractivity contribution in [3.63, 3.8) is 0 Å². The molecule has 2 aliphatic heterocycles. The number of amides is 2. The molecular formula is C19H20N2O5. The van der Waals surface area contributed by atoms with Crippen molar-refractivity contribution < 1.29 is 23.7 Å². The van der Waals surface area contributed by atoms with Crippen molar-refractivity contribution >= 4 is 11.7 Å². The summed E-state index contributed by atoms with van der Waals surface area (Å²) in [5.74, 6) is 2.72. The average molecular weight is 356 g/mol. The molecule has 0 aromatic heterocycles. The largest absolute Gasteiger partial charge is 0.493 e. The standard InChI is InChI=1S/C19H20N2O5/c1-23-16-7-12-5-6-21(10-13(12)8-17(16)24-2)19(22)20-14-3-4-15-18(9-14)26-11-25-15/h3-4,7-9H,5-6,10-11H2,1-2H3,(H,20,22). The molecule has 7 heteroatoms. The van der Waals surface area contributed by atoms with Crippen molar-refractivity contribution in [2.75, 3.05) is 32.9 Å². The minimum Gasteiger partial charge on any atom is -0.493 e. The van der Waals surface area contributed by atoms with Gasteiger partial charge in [-0.2, -0.15) is 0 Å². The minimum absolute atomic E-state index is 0.149. The van der Waals surface area contributed by atoms with E-state index in [2.05, 4.69) is 5.32 Å². The first-order chi connectivity index (χ1) is 12.7. The predicted octanol–water partition coefficient (Wildman–Crippen LogP) is 3.02. The molecule has 26 heavy (non-hydrogen) atoms. The lowest BCUT2D eigenvalue weighted by Gasteiger charge is -2.29. The monoisotopic (exact) mass is 356 g/mol. The first kappa shape index (κ1) is 16.4. The number of hydrogen-bond acceptors (Lipinski definition) is 5. The van der Waals surface area contributed by atoms with Crippen molar-refractivity contribution in [3.8, 4) is 23.0 Å². The summed E-state index contributed by atoms with van der Waals surface area (Å²) in [4.78, 5) is 14.4. The van der Waals surface area contributed by atoms with Crippen molar-refractivity contribution in [1.82, 2.24) is 4.90 Å². The molecular weight excluding hydrogens is 336 g/mol. The third kappa shape index (κ3) is 2.96. The van der Waals surface area contributed by atoms with Crippen LogP contribution in [0.25, 0.3) is 0 Å². The van der Waals surface area contributed by atoms with Gasteiger partial charge in [0.25, 0.3) is 0 Å². The Morgan fingerprint density at radius 2 is 1.77 bits per heavy atom. The lowest BCUT2D eigenvalue weighted by atomic mass is 9.99. The van der Waals surface area contributed by atoms with Crippen molar-refractivity contribution in [3.05, 3.63) is 41.5 Å². The van der Waals surface area contributed by atoms with E-state index in [0.29, 0.717) is 41.8 Å². The minimum atomic E-state index is -0.149. The van der Waals surface area contributed by atoms with E-state index < -0.39 is 0 Å². The highest BCUT2D eigenvalue weighted by Crippen LogP contribution is 2.35. The molecule has 0 unspecified atom stereocenters. The van der Waals surface area contributed by atoms with Gasteiger partial charge in [-0.1, -0.05) is 0 Å². The highest BCUT2D eigenvalue weighted by Gasteiger charge is 2.23. The van der Waals surface area contributed by atoms with Gasteiger partial charge < -0.3 is 29.2 Å². The van der Waals surface area contributed by atoms with Gasteiger partial charge in [-0.25, -0.2) is 4.79 Å². The zero-order chi connectivity index (χ0) is 18.1. The summed E-state index contributed by atoms with van der Waals surface area (Å²) >= 11 is 0. The molecule has 0 radical (unpaired) electrons. The molecule has 136 valence electrons.